The van der Waals surface area contributed by atoms with E-state index in [1.807, 2.05) is 0 Å². The first-order valence-electron chi connectivity index (χ1n) is 7.04. The van der Waals surface area contributed by atoms with E-state index < -0.39 is 23.3 Å². The van der Waals surface area contributed by atoms with E-state index in [0.29, 0.717) is 12.8 Å². The first-order chi connectivity index (χ1) is 10.1. The number of carbonyl (C=O) groups excluding carboxylic acids is 1. The summed E-state index contributed by atoms with van der Waals surface area (Å²) >= 11 is 3.03. The number of benzene rings is 1. The lowest BCUT2D eigenvalue weighted by atomic mass is 9.86. The maximum absolute atomic E-state index is 13.6. The average molecular weight is 377 g/mol. The molecule has 1 saturated carbocycles. The van der Waals surface area contributed by atoms with Crippen LogP contribution < -0.4 is 10.6 Å². The summed E-state index contributed by atoms with van der Waals surface area (Å²) in [5, 5.41) is 5.76. The van der Waals surface area contributed by atoms with Gasteiger partial charge in [0, 0.05) is 18.2 Å². The molecule has 0 unspecified atom stereocenters. The maximum atomic E-state index is 13.6. The number of amides is 1. The molecule has 0 atom stereocenters. The lowest BCUT2D eigenvalue weighted by Gasteiger charge is -2.37. The summed E-state index contributed by atoms with van der Waals surface area (Å²) in [7, 11) is 0. The Labute approximate surface area is 136 Å². The van der Waals surface area contributed by atoms with Crippen molar-refractivity contribution < 1.29 is 18.3 Å². The highest BCUT2D eigenvalue weighted by Crippen LogP contribution is 2.29. The molecule has 1 aromatic rings. The van der Waals surface area contributed by atoms with Gasteiger partial charge in [0.05, 0.1) is 10.2 Å². The highest BCUT2D eigenvalue weighted by molar-refractivity contribution is 9.10. The van der Waals surface area contributed by atoms with Crippen molar-refractivity contribution in [2.75, 3.05) is 5.32 Å². The van der Waals surface area contributed by atoms with Crippen LogP contribution in [0.1, 0.15) is 33.6 Å². The summed E-state index contributed by atoms with van der Waals surface area (Å²) in [6.07, 6.45) is 0.869. The van der Waals surface area contributed by atoms with E-state index in [-0.39, 0.29) is 22.2 Å². The Kier molecular flexibility index (Phi) is 4.94. The highest BCUT2D eigenvalue weighted by atomic mass is 79.9. The molecule has 122 valence electrons. The summed E-state index contributed by atoms with van der Waals surface area (Å²) in [6, 6.07) is 2.24. The SMILES string of the molecule is CC(C)(C)OC(=O)NC1CC(Nc2cc(Br)c(F)cc2F)C1. The zero-order valence-corrected chi connectivity index (χ0v) is 14.3. The fourth-order valence-electron chi connectivity index (χ4n) is 2.18. The summed E-state index contributed by atoms with van der Waals surface area (Å²) in [6.45, 7) is 5.40. The van der Waals surface area contributed by atoms with Gasteiger partial charge in [-0.15, -0.1) is 0 Å². The van der Waals surface area contributed by atoms with Crippen LogP contribution >= 0.6 is 15.9 Å². The van der Waals surface area contributed by atoms with Gasteiger partial charge >= 0.3 is 6.09 Å². The quantitative estimate of drug-likeness (QED) is 0.777. The van der Waals surface area contributed by atoms with Gasteiger partial charge < -0.3 is 15.4 Å². The predicted molar refractivity (Wildman–Crippen MR) is 83.9 cm³/mol. The summed E-state index contributed by atoms with van der Waals surface area (Å²) in [5.74, 6) is -1.27. The van der Waals surface area contributed by atoms with Crippen LogP contribution in [0.3, 0.4) is 0 Å². The van der Waals surface area contributed by atoms with Gasteiger partial charge in [-0.05, 0) is 55.6 Å². The fourth-order valence-corrected chi connectivity index (χ4v) is 2.52. The van der Waals surface area contributed by atoms with Gasteiger partial charge in [-0.2, -0.15) is 0 Å². The average Bonchev–Trinajstić information content (AvgIpc) is 2.30. The Morgan fingerprint density at radius 1 is 1.23 bits per heavy atom. The third-order valence-electron chi connectivity index (χ3n) is 3.23. The fraction of sp³-hybridized carbons (Fsp3) is 0.533. The molecule has 0 heterocycles. The van der Waals surface area contributed by atoms with Crippen molar-refractivity contribution in [3.63, 3.8) is 0 Å². The Morgan fingerprint density at radius 3 is 2.45 bits per heavy atom. The van der Waals surface area contributed by atoms with Gasteiger partial charge in [-0.3, -0.25) is 0 Å². The van der Waals surface area contributed by atoms with Gasteiger partial charge in [0.2, 0.25) is 0 Å². The van der Waals surface area contributed by atoms with Crippen molar-refractivity contribution in [3.05, 3.63) is 28.2 Å². The van der Waals surface area contributed by atoms with Gasteiger partial charge in [0.1, 0.15) is 17.2 Å². The maximum Gasteiger partial charge on any atom is 0.407 e. The summed E-state index contributed by atoms with van der Waals surface area (Å²) in [4.78, 5) is 11.6. The zero-order chi connectivity index (χ0) is 16.5. The van der Waals surface area contributed by atoms with Crippen molar-refractivity contribution >= 4 is 27.7 Å². The lowest BCUT2D eigenvalue weighted by Crippen LogP contribution is -2.50. The second kappa shape index (κ2) is 6.40. The van der Waals surface area contributed by atoms with Gasteiger partial charge in [0.15, 0.2) is 0 Å². The molecule has 2 rings (SSSR count). The van der Waals surface area contributed by atoms with Crippen molar-refractivity contribution in [3.8, 4) is 0 Å². The second-order valence-corrected chi connectivity index (χ2v) is 7.26. The van der Waals surface area contributed by atoms with Gasteiger partial charge in [-0.1, -0.05) is 0 Å². The molecular formula is C15H19BrF2N2O2. The van der Waals surface area contributed by atoms with E-state index in [9.17, 15) is 13.6 Å². The highest BCUT2D eigenvalue weighted by Gasteiger charge is 2.32. The molecule has 1 aromatic carbocycles. The van der Waals surface area contributed by atoms with Crippen LogP contribution in [0.5, 0.6) is 0 Å². The van der Waals surface area contributed by atoms with E-state index in [0.717, 1.165) is 6.07 Å². The molecular weight excluding hydrogens is 358 g/mol. The van der Waals surface area contributed by atoms with Crippen molar-refractivity contribution in [2.45, 2.75) is 51.3 Å². The molecule has 0 bridgehead atoms. The molecule has 22 heavy (non-hydrogen) atoms. The number of rotatable bonds is 3. The summed E-state index contributed by atoms with van der Waals surface area (Å²) < 4.78 is 32.2. The minimum Gasteiger partial charge on any atom is -0.444 e. The minimum absolute atomic E-state index is 0.000648. The molecule has 0 spiro atoms. The number of alkyl carbamates (subject to hydrolysis) is 1. The molecule has 4 nitrogen and oxygen atoms in total. The molecule has 0 aliphatic heterocycles. The topological polar surface area (TPSA) is 50.4 Å². The van der Waals surface area contributed by atoms with Crippen LogP contribution in [0.2, 0.25) is 0 Å². The van der Waals surface area contributed by atoms with Gasteiger partial charge in [-0.25, -0.2) is 13.6 Å². The van der Waals surface area contributed by atoms with Crippen LogP contribution in [-0.4, -0.2) is 23.8 Å². The normalized spacial score (nSPS) is 21.0. The first-order valence-corrected chi connectivity index (χ1v) is 7.84. The molecule has 1 amide bonds. The number of hydrogen-bond acceptors (Lipinski definition) is 3. The van der Waals surface area contributed by atoms with E-state index in [1.54, 1.807) is 20.8 Å². The molecule has 0 radical (unpaired) electrons. The Morgan fingerprint density at radius 2 is 1.86 bits per heavy atom. The van der Waals surface area contributed by atoms with Crippen LogP contribution in [-0.2, 0) is 4.74 Å². The number of hydrogen-bond donors (Lipinski definition) is 2. The Bertz CT molecular complexity index is 569. The molecule has 1 fully saturated rings. The van der Waals surface area contributed by atoms with Crippen molar-refractivity contribution in [2.24, 2.45) is 0 Å². The van der Waals surface area contributed by atoms with E-state index in [2.05, 4.69) is 26.6 Å². The monoisotopic (exact) mass is 376 g/mol. The molecule has 0 aromatic heterocycles. The molecule has 0 saturated heterocycles. The predicted octanol–water partition coefficient (Wildman–Crippen LogP) is 4.19. The summed E-state index contributed by atoms with van der Waals surface area (Å²) in [5.41, 5.74) is -0.288. The Balaban J connectivity index is 1.80. The standard InChI is InChI=1S/C15H19BrF2N2O2/c1-15(2,3)22-14(21)20-9-4-8(5-9)19-13-6-10(16)11(17)7-12(13)18/h6-9,19H,4-5H2,1-3H3,(H,20,21). The molecule has 7 heteroatoms. The first kappa shape index (κ1) is 17.0. The number of nitrogens with one attached hydrogen (secondary N) is 2. The minimum atomic E-state index is -0.638. The number of ether oxygens (including phenoxy) is 1. The van der Waals surface area contributed by atoms with Gasteiger partial charge in [0.25, 0.3) is 0 Å². The van der Waals surface area contributed by atoms with Crippen molar-refractivity contribution in [1.29, 1.82) is 0 Å². The van der Waals surface area contributed by atoms with Crippen LogP contribution in [0.4, 0.5) is 19.3 Å². The molecule has 1 aliphatic carbocycles. The largest absolute Gasteiger partial charge is 0.444 e. The Hall–Kier alpha value is -1.37. The van der Waals surface area contributed by atoms with Crippen LogP contribution in [0, 0.1) is 11.6 Å². The second-order valence-electron chi connectivity index (χ2n) is 6.40. The smallest absolute Gasteiger partial charge is 0.407 e. The molecule has 2 N–H and O–H groups in total. The number of halogens is 3. The van der Waals surface area contributed by atoms with Crippen LogP contribution in [0.15, 0.2) is 16.6 Å². The zero-order valence-electron chi connectivity index (χ0n) is 12.7. The number of carbonyl (C=O) groups is 1. The van der Waals surface area contributed by atoms with Crippen molar-refractivity contribution in [1.82, 2.24) is 5.32 Å². The van der Waals surface area contributed by atoms with E-state index >= 15 is 0 Å². The lowest BCUT2D eigenvalue weighted by molar-refractivity contribution is 0.0475. The van der Waals surface area contributed by atoms with Crippen LogP contribution in [0.25, 0.3) is 0 Å². The van der Waals surface area contributed by atoms with E-state index in [1.165, 1.54) is 6.07 Å². The van der Waals surface area contributed by atoms with E-state index in [4.69, 9.17) is 4.74 Å². The third kappa shape index (κ3) is 4.56. The number of anilines is 1. The molecule has 1 aliphatic rings. The third-order valence-corrected chi connectivity index (χ3v) is 3.84.